The molecule has 3 rings (SSSR count). The Hall–Kier alpha value is -1.47. The third kappa shape index (κ3) is 4.77. The highest BCUT2D eigenvalue weighted by Gasteiger charge is 2.27. The molecule has 0 aromatic heterocycles. The molecule has 0 amide bonds. The van der Waals surface area contributed by atoms with Crippen molar-refractivity contribution < 1.29 is 13.2 Å². The Bertz CT molecular complexity index is 622. The highest BCUT2D eigenvalue weighted by Crippen LogP contribution is 2.74. The molecule has 0 bridgehead atoms. The molecule has 3 aromatic carbocycles. The minimum atomic E-state index is -3.67. The molecule has 0 aliphatic carbocycles. The minimum absolute atomic E-state index is 1.21. The summed E-state index contributed by atoms with van der Waals surface area (Å²) >= 11 is 2.66. The number of rotatable bonds is 3. The largest absolute Gasteiger partial charge is 0.379 e. The normalized spacial score (nSPS) is 11.5. The first kappa shape index (κ1) is 18.9. The Balaban J connectivity index is 0.000000471. The first-order valence-corrected chi connectivity index (χ1v) is 11.3. The van der Waals surface area contributed by atoms with Crippen LogP contribution in [0.5, 0.6) is 0 Å². The van der Waals surface area contributed by atoms with E-state index in [2.05, 4.69) is 112 Å². The van der Waals surface area contributed by atoms with E-state index in [0.717, 1.165) is 0 Å². The lowest BCUT2D eigenvalue weighted by Crippen LogP contribution is -1.95. The molecule has 0 atom stereocenters. The molecule has 0 heterocycles. The van der Waals surface area contributed by atoms with Gasteiger partial charge in [-0.05, 0) is 57.6 Å². The lowest BCUT2D eigenvalue weighted by molar-refractivity contribution is 0.00819. The van der Waals surface area contributed by atoms with E-state index in [1.807, 2.05) is 0 Å². The summed E-state index contributed by atoms with van der Waals surface area (Å²) in [5.41, 5.74) is 0. The molecular formula is C19H16F3IS. The molecule has 126 valence electrons. The average molecular weight is 460 g/mol. The summed E-state index contributed by atoms with van der Waals surface area (Å²) in [6.07, 6.45) is 0. The molecule has 24 heavy (non-hydrogen) atoms. The van der Waals surface area contributed by atoms with Crippen molar-refractivity contribution in [2.75, 3.05) is 0 Å². The number of halogens is 4. The SMILES string of the molecule is FC(F)F.IS(c1ccccc1)(c1ccccc1)c1ccccc1. The van der Waals surface area contributed by atoms with Gasteiger partial charge in [-0.25, -0.2) is 0 Å². The third-order valence-corrected chi connectivity index (χ3v) is 10.5. The van der Waals surface area contributed by atoms with Crippen molar-refractivity contribution in [2.45, 2.75) is 21.4 Å². The fourth-order valence-electron chi connectivity index (χ4n) is 2.23. The Kier molecular flexibility index (Phi) is 7.17. The summed E-state index contributed by atoms with van der Waals surface area (Å²) in [7, 11) is -1.21. The molecule has 5 heteroatoms. The molecule has 0 spiro atoms. The standard InChI is InChI=1S/C18H15IS.CHF3/c19-20(16-10-4-1-5-11-16,17-12-6-2-7-13-17)18-14-8-3-9-15-18;2-1(3)4/h1-15H;1H. The quantitative estimate of drug-likeness (QED) is 0.355. The van der Waals surface area contributed by atoms with E-state index in [1.54, 1.807) is 0 Å². The van der Waals surface area contributed by atoms with Crippen molar-refractivity contribution in [1.82, 2.24) is 0 Å². The molecule has 3 aromatic rings. The van der Waals surface area contributed by atoms with Crippen LogP contribution >= 0.6 is 28.4 Å². The van der Waals surface area contributed by atoms with Crippen molar-refractivity contribution in [1.29, 1.82) is 0 Å². The Morgan fingerprint density at radius 2 is 0.750 bits per heavy atom. The van der Waals surface area contributed by atoms with E-state index < -0.39 is 13.9 Å². The van der Waals surface area contributed by atoms with Gasteiger partial charge >= 0.3 is 6.68 Å². The second kappa shape index (κ2) is 9.13. The van der Waals surface area contributed by atoms with E-state index in [-0.39, 0.29) is 0 Å². The molecule has 0 saturated heterocycles. The Labute approximate surface area is 153 Å². The van der Waals surface area contributed by atoms with Crippen molar-refractivity contribution in [3.05, 3.63) is 91.0 Å². The van der Waals surface area contributed by atoms with E-state index >= 15 is 0 Å². The van der Waals surface area contributed by atoms with Crippen LogP contribution in [0, 0.1) is 0 Å². The van der Waals surface area contributed by atoms with Gasteiger partial charge in [0.15, 0.2) is 0 Å². The molecular weight excluding hydrogens is 444 g/mol. The number of benzene rings is 3. The van der Waals surface area contributed by atoms with Crippen molar-refractivity contribution in [2.24, 2.45) is 0 Å². The number of alkyl halides is 3. The van der Waals surface area contributed by atoms with Gasteiger partial charge in [0.2, 0.25) is 0 Å². The van der Waals surface area contributed by atoms with Gasteiger partial charge in [0.25, 0.3) is 0 Å². The minimum Gasteiger partial charge on any atom is -0.174 e. The Morgan fingerprint density at radius 3 is 0.958 bits per heavy atom. The molecule has 0 unspecified atom stereocenters. The van der Waals surface area contributed by atoms with Crippen molar-refractivity contribution in [3.8, 4) is 0 Å². The lowest BCUT2D eigenvalue weighted by Gasteiger charge is -2.35. The van der Waals surface area contributed by atoms with E-state index in [0.29, 0.717) is 0 Å². The second-order valence-corrected chi connectivity index (χ2v) is 11.2. The van der Waals surface area contributed by atoms with Gasteiger partial charge in [0.1, 0.15) is 0 Å². The summed E-state index contributed by atoms with van der Waals surface area (Å²) in [6, 6.07) is 32.4. The fraction of sp³-hybridized carbons (Fsp3) is 0.0526. The zero-order valence-corrected chi connectivity index (χ0v) is 15.6. The van der Waals surface area contributed by atoms with Crippen molar-refractivity contribution in [3.63, 3.8) is 0 Å². The van der Waals surface area contributed by atoms with Crippen LogP contribution in [0.15, 0.2) is 106 Å². The molecule has 0 nitrogen and oxygen atoms in total. The van der Waals surface area contributed by atoms with E-state index in [1.165, 1.54) is 14.7 Å². The summed E-state index contributed by atoms with van der Waals surface area (Å²) < 4.78 is 29.0. The maximum absolute atomic E-state index is 9.67. The van der Waals surface area contributed by atoms with Crippen LogP contribution in [0.3, 0.4) is 0 Å². The summed E-state index contributed by atoms with van der Waals surface area (Å²) in [5, 5.41) is 0. The number of hydrogen-bond acceptors (Lipinski definition) is 0. The smallest absolute Gasteiger partial charge is 0.174 e. The second-order valence-electron chi connectivity index (χ2n) is 4.72. The molecule has 0 fully saturated rings. The van der Waals surface area contributed by atoms with Crippen LogP contribution in [0.4, 0.5) is 13.2 Å². The van der Waals surface area contributed by atoms with Gasteiger partial charge in [-0.15, -0.1) is 7.20 Å². The molecule has 0 saturated carbocycles. The molecule has 0 N–H and O–H groups in total. The molecule has 0 aliphatic heterocycles. The summed E-state index contributed by atoms with van der Waals surface area (Å²) in [6.45, 7) is -3.67. The maximum atomic E-state index is 9.67. The Morgan fingerprint density at radius 1 is 0.542 bits per heavy atom. The van der Waals surface area contributed by atoms with E-state index in [4.69, 9.17) is 0 Å². The first-order valence-electron chi connectivity index (χ1n) is 7.15. The molecule has 0 radical (unpaired) electrons. The van der Waals surface area contributed by atoms with Crippen LogP contribution in [-0.4, -0.2) is 6.68 Å². The predicted molar refractivity (Wildman–Crippen MR) is 103 cm³/mol. The topological polar surface area (TPSA) is 0 Å². The van der Waals surface area contributed by atoms with Crippen LogP contribution in [0.1, 0.15) is 0 Å². The maximum Gasteiger partial charge on any atom is 0.379 e. The zero-order chi connectivity index (χ0) is 17.4. The van der Waals surface area contributed by atoms with Crippen molar-refractivity contribution >= 4 is 28.4 Å². The lowest BCUT2D eigenvalue weighted by atomic mass is 10.4. The fourth-order valence-corrected chi connectivity index (χ4v) is 7.29. The highest BCUT2D eigenvalue weighted by molar-refractivity contribution is 14.2. The van der Waals surface area contributed by atoms with Crippen LogP contribution < -0.4 is 0 Å². The monoisotopic (exact) mass is 460 g/mol. The third-order valence-electron chi connectivity index (χ3n) is 3.20. The van der Waals surface area contributed by atoms with Gasteiger partial charge in [-0.3, -0.25) is 0 Å². The average Bonchev–Trinajstić information content (AvgIpc) is 2.63. The summed E-state index contributed by atoms with van der Waals surface area (Å²) in [5.74, 6) is 0. The van der Waals surface area contributed by atoms with Gasteiger partial charge in [-0.1, -0.05) is 54.6 Å². The van der Waals surface area contributed by atoms with Crippen LogP contribution in [0.2, 0.25) is 0 Å². The summed E-state index contributed by atoms with van der Waals surface area (Å²) in [4.78, 5) is 4.16. The first-order chi connectivity index (χ1) is 11.5. The van der Waals surface area contributed by atoms with Gasteiger partial charge in [0, 0.05) is 14.7 Å². The molecule has 0 aliphatic rings. The number of hydrogen-bond donors (Lipinski definition) is 0. The van der Waals surface area contributed by atoms with Gasteiger partial charge < -0.3 is 0 Å². The van der Waals surface area contributed by atoms with Gasteiger partial charge in [0.05, 0.1) is 0 Å². The van der Waals surface area contributed by atoms with Crippen LogP contribution in [0.25, 0.3) is 0 Å². The van der Waals surface area contributed by atoms with Crippen LogP contribution in [-0.2, 0) is 0 Å². The highest BCUT2D eigenvalue weighted by atomic mass is 127. The zero-order valence-electron chi connectivity index (χ0n) is 12.7. The van der Waals surface area contributed by atoms with E-state index in [9.17, 15) is 13.2 Å². The predicted octanol–water partition coefficient (Wildman–Crippen LogP) is 7.50. The van der Waals surface area contributed by atoms with Gasteiger partial charge in [-0.2, -0.15) is 13.2 Å².